The largest absolute Gasteiger partial charge is 0.497 e. The minimum atomic E-state index is -0.445. The molecule has 0 aliphatic heterocycles. The predicted molar refractivity (Wildman–Crippen MR) is 167 cm³/mol. The molecule has 1 amide bonds. The van der Waals surface area contributed by atoms with Crippen molar-refractivity contribution >= 4 is 16.8 Å². The van der Waals surface area contributed by atoms with Gasteiger partial charge in [-0.05, 0) is 65.4 Å². The molecule has 0 radical (unpaired) electrons. The summed E-state index contributed by atoms with van der Waals surface area (Å²) in [5, 5.41) is 13.8. The van der Waals surface area contributed by atoms with Crippen LogP contribution < -0.4 is 10.1 Å². The summed E-state index contributed by atoms with van der Waals surface area (Å²) in [4.78, 5) is 20.9. The first-order valence-electron chi connectivity index (χ1n) is 14.5. The highest BCUT2D eigenvalue weighted by molar-refractivity contribution is 5.83. The van der Waals surface area contributed by atoms with Crippen LogP contribution in [0.2, 0.25) is 0 Å². The zero-order valence-electron chi connectivity index (χ0n) is 24.1. The van der Waals surface area contributed by atoms with Gasteiger partial charge in [-0.2, -0.15) is 0 Å². The van der Waals surface area contributed by atoms with Crippen molar-refractivity contribution < 1.29 is 9.53 Å². The lowest BCUT2D eigenvalue weighted by Gasteiger charge is -2.21. The first-order valence-corrected chi connectivity index (χ1v) is 14.5. The van der Waals surface area contributed by atoms with E-state index in [-0.39, 0.29) is 12.3 Å². The molecule has 3 aromatic carbocycles. The van der Waals surface area contributed by atoms with Crippen LogP contribution in [0.1, 0.15) is 39.8 Å². The Kier molecular flexibility index (Phi) is 8.54. The Balaban J connectivity index is 1.36. The quantitative estimate of drug-likeness (QED) is 0.199. The van der Waals surface area contributed by atoms with E-state index in [2.05, 4.69) is 74.1 Å². The van der Waals surface area contributed by atoms with Crippen LogP contribution >= 0.6 is 0 Å². The Bertz CT molecular complexity index is 1780. The number of aromatic amines is 1. The average molecular weight is 571 g/mol. The van der Waals surface area contributed by atoms with Gasteiger partial charge >= 0.3 is 0 Å². The lowest BCUT2D eigenvalue weighted by atomic mass is 10.0. The molecule has 0 aliphatic carbocycles. The summed E-state index contributed by atoms with van der Waals surface area (Å²) in [6, 6.07) is 30.4. The SMILES string of the molecule is COc1ccc(Cc2c(CCc3ccccc3)nnn2C(Cc2c[nH]c3ccccc23)NC(=O)Cc2ccncc2)cc1. The third kappa shape index (κ3) is 6.81. The normalized spacial score (nSPS) is 11.8. The lowest BCUT2D eigenvalue weighted by Crippen LogP contribution is -2.36. The van der Waals surface area contributed by atoms with Gasteiger partial charge in [-0.15, -0.1) is 5.10 Å². The molecule has 3 aromatic heterocycles. The summed E-state index contributed by atoms with van der Waals surface area (Å²) in [7, 11) is 1.67. The number of hydrogen-bond donors (Lipinski definition) is 2. The van der Waals surface area contributed by atoms with Crippen LogP contribution in [0.15, 0.2) is 110 Å². The van der Waals surface area contributed by atoms with Gasteiger partial charge in [0.2, 0.25) is 5.91 Å². The maximum Gasteiger partial charge on any atom is 0.226 e. The molecule has 1 atom stereocenters. The van der Waals surface area contributed by atoms with E-state index in [1.807, 2.05) is 53.3 Å². The molecule has 8 heteroatoms. The third-order valence-electron chi connectivity index (χ3n) is 7.72. The Morgan fingerprint density at radius 1 is 0.884 bits per heavy atom. The zero-order valence-corrected chi connectivity index (χ0v) is 24.1. The number of ether oxygens (including phenoxy) is 1. The molecular formula is C35H34N6O2. The van der Waals surface area contributed by atoms with Crippen LogP contribution in [0.25, 0.3) is 10.9 Å². The summed E-state index contributed by atoms with van der Waals surface area (Å²) < 4.78 is 7.29. The smallest absolute Gasteiger partial charge is 0.226 e. The molecule has 0 fully saturated rings. The number of methoxy groups -OCH3 is 1. The van der Waals surface area contributed by atoms with Crippen molar-refractivity contribution in [3.63, 3.8) is 0 Å². The highest BCUT2D eigenvalue weighted by Gasteiger charge is 2.24. The number of aromatic nitrogens is 5. The van der Waals surface area contributed by atoms with Crippen LogP contribution in [-0.4, -0.2) is 38.0 Å². The molecule has 3 heterocycles. The van der Waals surface area contributed by atoms with Gasteiger partial charge in [0.1, 0.15) is 11.9 Å². The van der Waals surface area contributed by atoms with Crippen LogP contribution in [0.4, 0.5) is 0 Å². The second-order valence-electron chi connectivity index (χ2n) is 10.6. The number of aryl methyl sites for hydroxylation is 2. The molecule has 8 nitrogen and oxygen atoms in total. The van der Waals surface area contributed by atoms with Crippen molar-refractivity contribution in [2.75, 3.05) is 7.11 Å². The van der Waals surface area contributed by atoms with Gasteiger partial charge in [0, 0.05) is 42.3 Å². The summed E-state index contributed by atoms with van der Waals surface area (Å²) in [5.41, 5.74) is 7.32. The fraction of sp³-hybridized carbons (Fsp3) is 0.200. The van der Waals surface area contributed by atoms with Gasteiger partial charge < -0.3 is 15.0 Å². The van der Waals surface area contributed by atoms with E-state index >= 15 is 0 Å². The number of carbonyl (C=O) groups is 1. The maximum absolute atomic E-state index is 13.4. The van der Waals surface area contributed by atoms with Crippen molar-refractivity contribution in [2.45, 2.75) is 38.3 Å². The monoisotopic (exact) mass is 570 g/mol. The average Bonchev–Trinajstić information content (AvgIpc) is 3.64. The van der Waals surface area contributed by atoms with E-state index < -0.39 is 6.17 Å². The van der Waals surface area contributed by atoms with Crippen LogP contribution in [0.5, 0.6) is 5.75 Å². The standard InChI is InChI=1S/C35H34N6O2/c1-43-29-14-11-26(12-15-29)21-33-32(16-13-25-7-3-2-4-8-25)39-40-41(33)34(38-35(42)22-27-17-19-36-20-18-27)23-28-24-37-31-10-6-5-9-30(28)31/h2-12,14-15,17-20,24,34,37H,13,16,21-23H2,1H3,(H,38,42). The first kappa shape index (κ1) is 27.9. The highest BCUT2D eigenvalue weighted by atomic mass is 16.5. The molecular weight excluding hydrogens is 536 g/mol. The molecule has 2 N–H and O–H groups in total. The molecule has 1 unspecified atom stereocenters. The van der Waals surface area contributed by atoms with E-state index in [4.69, 9.17) is 4.74 Å². The number of hydrogen-bond acceptors (Lipinski definition) is 5. The maximum atomic E-state index is 13.4. The van der Waals surface area contributed by atoms with E-state index in [0.29, 0.717) is 12.8 Å². The topological polar surface area (TPSA) is 97.7 Å². The van der Waals surface area contributed by atoms with Crippen LogP contribution in [0, 0.1) is 0 Å². The van der Waals surface area contributed by atoms with E-state index in [9.17, 15) is 4.79 Å². The summed E-state index contributed by atoms with van der Waals surface area (Å²) >= 11 is 0. The van der Waals surface area contributed by atoms with E-state index in [1.54, 1.807) is 19.5 Å². The molecule has 6 aromatic rings. The minimum Gasteiger partial charge on any atom is -0.497 e. The molecule has 0 aliphatic rings. The molecule has 216 valence electrons. The molecule has 0 saturated carbocycles. The Morgan fingerprint density at radius 2 is 1.65 bits per heavy atom. The molecule has 0 bridgehead atoms. The van der Waals surface area contributed by atoms with Gasteiger partial charge in [-0.1, -0.05) is 65.9 Å². The van der Waals surface area contributed by atoms with Crippen molar-refractivity contribution in [3.05, 3.63) is 143 Å². The van der Waals surface area contributed by atoms with Gasteiger partial charge in [-0.25, -0.2) is 4.68 Å². The number of fused-ring (bicyclic) bond motifs is 1. The van der Waals surface area contributed by atoms with Crippen molar-refractivity contribution in [1.29, 1.82) is 0 Å². The number of nitrogens with one attached hydrogen (secondary N) is 2. The lowest BCUT2D eigenvalue weighted by molar-refractivity contribution is -0.121. The van der Waals surface area contributed by atoms with E-state index in [0.717, 1.165) is 57.6 Å². The minimum absolute atomic E-state index is 0.0900. The number of H-pyrrole nitrogens is 1. The number of rotatable bonds is 12. The zero-order chi connectivity index (χ0) is 29.4. The number of carbonyl (C=O) groups excluding carboxylic acids is 1. The fourth-order valence-corrected chi connectivity index (χ4v) is 5.45. The first-order chi connectivity index (χ1) is 21.2. The van der Waals surface area contributed by atoms with Gasteiger partial charge in [0.05, 0.1) is 24.9 Å². The Hall–Kier alpha value is -5.24. The number of pyridine rings is 1. The fourth-order valence-electron chi connectivity index (χ4n) is 5.45. The van der Waals surface area contributed by atoms with Crippen molar-refractivity contribution in [1.82, 2.24) is 30.3 Å². The second kappa shape index (κ2) is 13.2. The Labute approximate surface area is 250 Å². The number of amides is 1. The summed E-state index contributed by atoms with van der Waals surface area (Å²) in [6.45, 7) is 0. The second-order valence-corrected chi connectivity index (χ2v) is 10.6. The molecule has 43 heavy (non-hydrogen) atoms. The number of para-hydroxylation sites is 1. The third-order valence-corrected chi connectivity index (χ3v) is 7.72. The molecule has 0 saturated heterocycles. The molecule has 0 spiro atoms. The number of benzene rings is 3. The van der Waals surface area contributed by atoms with Crippen molar-refractivity contribution in [2.24, 2.45) is 0 Å². The van der Waals surface area contributed by atoms with Crippen LogP contribution in [0.3, 0.4) is 0 Å². The summed E-state index contributed by atoms with van der Waals surface area (Å²) in [6.07, 6.45) is 7.97. The van der Waals surface area contributed by atoms with Crippen molar-refractivity contribution in [3.8, 4) is 5.75 Å². The number of nitrogens with zero attached hydrogens (tertiary/aromatic N) is 4. The molecule has 6 rings (SSSR count). The van der Waals surface area contributed by atoms with Gasteiger partial charge in [0.15, 0.2) is 0 Å². The van der Waals surface area contributed by atoms with Gasteiger partial charge in [-0.3, -0.25) is 9.78 Å². The van der Waals surface area contributed by atoms with Gasteiger partial charge in [0.25, 0.3) is 0 Å². The van der Waals surface area contributed by atoms with Crippen LogP contribution in [-0.2, 0) is 36.9 Å². The van der Waals surface area contributed by atoms with E-state index in [1.165, 1.54) is 5.56 Å². The highest BCUT2D eigenvalue weighted by Crippen LogP contribution is 2.25. The predicted octanol–water partition coefficient (Wildman–Crippen LogP) is 5.64. The Morgan fingerprint density at radius 3 is 2.44 bits per heavy atom. The summed E-state index contributed by atoms with van der Waals surface area (Å²) in [5.74, 6) is 0.716.